The number of carbonyl (C=O) groups excluding carboxylic acids is 2. The number of imidazole rings is 1. The first-order valence-corrected chi connectivity index (χ1v) is 11.5. The highest BCUT2D eigenvalue weighted by Gasteiger charge is 2.16. The van der Waals surface area contributed by atoms with Gasteiger partial charge in [0.15, 0.2) is 10.9 Å². The monoisotopic (exact) mass is 478 g/mol. The van der Waals surface area contributed by atoms with Crippen LogP contribution in [0.15, 0.2) is 82.6 Å². The number of thioether (sulfide) groups is 1. The molecule has 7 nitrogen and oxygen atoms in total. The second kappa shape index (κ2) is 10.4. The first kappa shape index (κ1) is 23.3. The summed E-state index contributed by atoms with van der Waals surface area (Å²) in [6, 6.07) is 15.6. The first-order valence-electron chi connectivity index (χ1n) is 10.6. The lowest BCUT2D eigenvalue weighted by Gasteiger charge is -2.14. The van der Waals surface area contributed by atoms with Crippen molar-refractivity contribution in [3.05, 3.63) is 102 Å². The number of anilines is 1. The van der Waals surface area contributed by atoms with Crippen molar-refractivity contribution in [1.82, 2.24) is 14.9 Å². The summed E-state index contributed by atoms with van der Waals surface area (Å²) in [4.78, 5) is 29.1. The summed E-state index contributed by atoms with van der Waals surface area (Å²) in [5.74, 6) is 0.459. The molecule has 2 heterocycles. The topological polar surface area (TPSA) is 89.2 Å². The maximum atomic E-state index is 13.0. The van der Waals surface area contributed by atoms with Crippen molar-refractivity contribution in [3.63, 3.8) is 0 Å². The molecule has 0 saturated carbocycles. The van der Waals surface area contributed by atoms with E-state index in [1.165, 1.54) is 36.0 Å². The zero-order chi connectivity index (χ0) is 24.1. The number of furan rings is 1. The maximum absolute atomic E-state index is 13.0. The van der Waals surface area contributed by atoms with E-state index in [0.29, 0.717) is 22.8 Å². The Kier molecular flexibility index (Phi) is 7.12. The quantitative estimate of drug-likeness (QED) is 0.340. The zero-order valence-corrected chi connectivity index (χ0v) is 19.4. The van der Waals surface area contributed by atoms with Crippen LogP contribution in [0.4, 0.5) is 10.1 Å². The molecule has 0 aliphatic heterocycles. The van der Waals surface area contributed by atoms with Crippen LogP contribution < -0.4 is 10.6 Å². The standard InChI is InChI=1S/C25H23FN4O3S/c1-16(17-5-9-20(10-6-17)29-23(31)18-3-7-19(26)8-4-18)28-24(32)22-12-11-21(33-22)15-34-25-27-13-14-30(25)2/h3-14,16H,15H2,1-2H3,(H,28,32)(H,29,31). The number of amides is 2. The molecule has 0 aliphatic rings. The molecule has 174 valence electrons. The number of aromatic nitrogens is 2. The van der Waals surface area contributed by atoms with Crippen LogP contribution in [-0.2, 0) is 12.8 Å². The third-order valence-electron chi connectivity index (χ3n) is 5.13. The molecule has 0 aliphatic carbocycles. The lowest BCUT2D eigenvalue weighted by atomic mass is 10.1. The Morgan fingerprint density at radius 3 is 2.47 bits per heavy atom. The molecular formula is C25H23FN4O3S. The van der Waals surface area contributed by atoms with Crippen LogP contribution in [0.2, 0.25) is 0 Å². The minimum atomic E-state index is -0.397. The Bertz CT molecular complexity index is 1280. The van der Waals surface area contributed by atoms with Gasteiger partial charge in [-0.05, 0) is 61.0 Å². The minimum Gasteiger partial charge on any atom is -0.455 e. The van der Waals surface area contributed by atoms with Gasteiger partial charge in [-0.1, -0.05) is 23.9 Å². The number of hydrogen-bond acceptors (Lipinski definition) is 5. The van der Waals surface area contributed by atoms with Crippen molar-refractivity contribution in [2.75, 3.05) is 5.32 Å². The van der Waals surface area contributed by atoms with Crippen LogP contribution in [0, 0.1) is 5.82 Å². The van der Waals surface area contributed by atoms with Crippen LogP contribution >= 0.6 is 11.8 Å². The number of hydrogen-bond donors (Lipinski definition) is 2. The van der Waals surface area contributed by atoms with E-state index >= 15 is 0 Å². The fourth-order valence-corrected chi connectivity index (χ4v) is 4.04. The molecule has 0 bridgehead atoms. The summed E-state index contributed by atoms with van der Waals surface area (Å²) < 4.78 is 20.6. The second-order valence-electron chi connectivity index (χ2n) is 7.65. The van der Waals surface area contributed by atoms with E-state index < -0.39 is 5.82 Å². The van der Waals surface area contributed by atoms with Gasteiger partial charge in [0.2, 0.25) is 0 Å². The van der Waals surface area contributed by atoms with Crippen molar-refractivity contribution in [2.45, 2.75) is 23.9 Å². The third-order valence-corrected chi connectivity index (χ3v) is 6.21. The summed E-state index contributed by atoms with van der Waals surface area (Å²) >= 11 is 1.53. The predicted octanol–water partition coefficient (Wildman–Crippen LogP) is 5.19. The van der Waals surface area contributed by atoms with Crippen LogP contribution in [0.25, 0.3) is 0 Å². The molecule has 0 spiro atoms. The van der Waals surface area contributed by atoms with E-state index in [-0.39, 0.29) is 23.6 Å². The van der Waals surface area contributed by atoms with Gasteiger partial charge < -0.3 is 19.6 Å². The molecule has 2 aromatic heterocycles. The van der Waals surface area contributed by atoms with E-state index in [4.69, 9.17) is 4.42 Å². The van der Waals surface area contributed by atoms with Gasteiger partial charge in [0, 0.05) is 30.7 Å². The molecule has 9 heteroatoms. The van der Waals surface area contributed by atoms with Gasteiger partial charge in [0.05, 0.1) is 11.8 Å². The Balaban J connectivity index is 1.31. The predicted molar refractivity (Wildman–Crippen MR) is 128 cm³/mol. The van der Waals surface area contributed by atoms with Crippen molar-refractivity contribution in [1.29, 1.82) is 0 Å². The van der Waals surface area contributed by atoms with Crippen molar-refractivity contribution in [2.24, 2.45) is 7.05 Å². The number of nitrogens with zero attached hydrogens (tertiary/aromatic N) is 2. The summed E-state index contributed by atoms with van der Waals surface area (Å²) in [6.07, 6.45) is 3.60. The fraction of sp³-hybridized carbons (Fsp3) is 0.160. The largest absolute Gasteiger partial charge is 0.455 e. The summed E-state index contributed by atoms with van der Waals surface area (Å²) in [6.45, 7) is 1.87. The molecule has 4 rings (SSSR count). The van der Waals surface area contributed by atoms with E-state index in [1.807, 2.05) is 36.9 Å². The van der Waals surface area contributed by atoms with Crippen LogP contribution in [0.3, 0.4) is 0 Å². The second-order valence-corrected chi connectivity index (χ2v) is 8.60. The zero-order valence-electron chi connectivity index (χ0n) is 18.6. The number of carbonyl (C=O) groups is 2. The molecule has 4 aromatic rings. The fourth-order valence-electron chi connectivity index (χ4n) is 3.21. The normalized spacial score (nSPS) is 11.7. The number of benzene rings is 2. The van der Waals surface area contributed by atoms with Gasteiger partial charge in [-0.15, -0.1) is 0 Å². The van der Waals surface area contributed by atoms with Gasteiger partial charge in [0.1, 0.15) is 11.6 Å². The molecular weight excluding hydrogens is 455 g/mol. The SMILES string of the molecule is CC(NC(=O)c1ccc(CSc2nccn2C)o1)c1ccc(NC(=O)c2ccc(F)cc2)cc1. The average molecular weight is 479 g/mol. The lowest BCUT2D eigenvalue weighted by Crippen LogP contribution is -2.26. The van der Waals surface area contributed by atoms with E-state index in [2.05, 4.69) is 15.6 Å². The minimum absolute atomic E-state index is 0.241. The highest BCUT2D eigenvalue weighted by atomic mass is 32.2. The third kappa shape index (κ3) is 5.74. The van der Waals surface area contributed by atoms with Crippen LogP contribution in [0.1, 0.15) is 45.2 Å². The summed E-state index contributed by atoms with van der Waals surface area (Å²) in [5, 5.41) is 6.55. The lowest BCUT2D eigenvalue weighted by molar-refractivity contribution is 0.0910. The van der Waals surface area contributed by atoms with Crippen molar-refractivity contribution in [3.8, 4) is 0 Å². The molecule has 1 atom stereocenters. The molecule has 0 fully saturated rings. The molecule has 1 unspecified atom stereocenters. The Morgan fingerprint density at radius 2 is 1.79 bits per heavy atom. The van der Waals surface area contributed by atoms with Crippen molar-refractivity contribution >= 4 is 29.3 Å². The smallest absolute Gasteiger partial charge is 0.287 e. The van der Waals surface area contributed by atoms with Crippen LogP contribution in [0.5, 0.6) is 0 Å². The van der Waals surface area contributed by atoms with Gasteiger partial charge >= 0.3 is 0 Å². The first-order chi connectivity index (χ1) is 16.4. The highest BCUT2D eigenvalue weighted by Crippen LogP contribution is 2.23. The van der Waals surface area contributed by atoms with Gasteiger partial charge in [-0.3, -0.25) is 9.59 Å². The summed E-state index contributed by atoms with van der Waals surface area (Å²) in [5.41, 5.74) is 1.82. The number of halogens is 1. The highest BCUT2D eigenvalue weighted by molar-refractivity contribution is 7.98. The van der Waals surface area contributed by atoms with E-state index in [1.54, 1.807) is 30.5 Å². The van der Waals surface area contributed by atoms with Gasteiger partial charge in [-0.25, -0.2) is 9.37 Å². The number of rotatable bonds is 8. The number of aryl methyl sites for hydroxylation is 1. The van der Waals surface area contributed by atoms with Crippen molar-refractivity contribution < 1.29 is 18.4 Å². The molecule has 0 radical (unpaired) electrons. The van der Waals surface area contributed by atoms with E-state index in [0.717, 1.165) is 10.7 Å². The molecule has 2 N–H and O–H groups in total. The van der Waals surface area contributed by atoms with Crippen LogP contribution in [-0.4, -0.2) is 21.4 Å². The summed E-state index contributed by atoms with van der Waals surface area (Å²) in [7, 11) is 1.92. The van der Waals surface area contributed by atoms with E-state index in [9.17, 15) is 14.0 Å². The van der Waals surface area contributed by atoms with Gasteiger partial charge in [0.25, 0.3) is 11.8 Å². The average Bonchev–Trinajstić information content (AvgIpc) is 3.47. The molecule has 2 aromatic carbocycles. The molecule has 2 amide bonds. The van der Waals surface area contributed by atoms with Gasteiger partial charge in [-0.2, -0.15) is 0 Å². The molecule has 0 saturated heterocycles. The maximum Gasteiger partial charge on any atom is 0.287 e. The Morgan fingerprint density at radius 1 is 1.06 bits per heavy atom. The Hall–Kier alpha value is -3.85. The number of nitrogens with one attached hydrogen (secondary N) is 2. The molecule has 34 heavy (non-hydrogen) atoms. The Labute approximate surface area is 200 Å².